The van der Waals surface area contributed by atoms with Crippen LogP contribution < -0.4 is 24.4 Å². The lowest BCUT2D eigenvalue weighted by Crippen LogP contribution is -2.57. The number of hydrogen-bond donors (Lipinski definition) is 2. The van der Waals surface area contributed by atoms with E-state index in [1.165, 1.54) is 7.11 Å². The highest BCUT2D eigenvalue weighted by Gasteiger charge is 2.76. The first-order chi connectivity index (χ1) is 38.9. The van der Waals surface area contributed by atoms with E-state index in [1.807, 2.05) is 108 Å². The number of esters is 3. The maximum Gasteiger partial charge on any atom is 0.329 e. The van der Waals surface area contributed by atoms with Crippen molar-refractivity contribution in [1.29, 1.82) is 0 Å². The van der Waals surface area contributed by atoms with Crippen molar-refractivity contribution >= 4 is 41.4 Å². The smallest absolute Gasteiger partial charge is 0.329 e. The maximum absolute atomic E-state index is 17.1. The van der Waals surface area contributed by atoms with Crippen LogP contribution in [0, 0.1) is 23.7 Å². The summed E-state index contributed by atoms with van der Waals surface area (Å²) in [5.41, 5.74) is 2.80. The first-order valence-corrected chi connectivity index (χ1v) is 26.3. The Balaban J connectivity index is 1.25. The topological polar surface area (TPSA) is 200 Å². The van der Waals surface area contributed by atoms with Gasteiger partial charge in [-0.25, -0.2) is 9.69 Å². The normalized spacial score (nSPS) is 21.3. The zero-order valence-corrected chi connectivity index (χ0v) is 44.8. The molecule has 17 nitrogen and oxygen atoms in total. The molecule has 7 unspecified atom stereocenters. The molecule has 0 aliphatic carbocycles. The van der Waals surface area contributed by atoms with Gasteiger partial charge in [0, 0.05) is 25.1 Å². The van der Waals surface area contributed by atoms with Gasteiger partial charge in [0.15, 0.2) is 17.4 Å². The number of aliphatic hydroxyl groups is 1. The van der Waals surface area contributed by atoms with Crippen LogP contribution in [-0.2, 0) is 56.6 Å². The number of anilines is 1. The third-order valence-corrected chi connectivity index (χ3v) is 15.7. The van der Waals surface area contributed by atoms with Crippen LogP contribution >= 0.6 is 0 Å². The number of nitrogens with zero attached hydrogens (tertiary/aromatic N) is 3. The van der Waals surface area contributed by atoms with Gasteiger partial charge in [0.25, 0.3) is 0 Å². The molecule has 6 aromatic carbocycles. The van der Waals surface area contributed by atoms with E-state index in [1.54, 1.807) is 61.4 Å². The number of fused-ring (bicyclic) bond motifs is 4. The van der Waals surface area contributed by atoms with Gasteiger partial charge in [-0.15, -0.1) is 0 Å². The summed E-state index contributed by atoms with van der Waals surface area (Å²) in [6, 6.07) is 38.6. The van der Waals surface area contributed by atoms with Crippen molar-refractivity contribution in [2.45, 2.75) is 62.0 Å². The molecule has 0 saturated carbocycles. The van der Waals surface area contributed by atoms with E-state index >= 15 is 19.2 Å². The fraction of sp³-hybridized carbons (Fsp3) is 0.302. The molecule has 4 aliphatic rings. The lowest BCUT2D eigenvalue weighted by Gasteiger charge is -2.46. The standard InChI is InChI=1S/C63H60N4O13/c1-38(40-17-9-6-10-18-40)64-62(74)66-49-29-24-39(16-15-23-47(58(70)77-4)59(71)78-5)34-48(49)63(61(66)73)52(57(69)65-31-30-44-35-50(75-2)51(76-3)36-45(44)37-65)54-60(72)80-55(42-21-13-8-14-22-42)53(41-19-11-7-12-20-41)67(54)56(63)43-25-27-46(28-26-43)79-33-32-68/h6-14,17-22,24-29,34-36,38,47,52-56,68H,23,30-33,37H2,1-5H3,(H,64,74). The Labute approximate surface area is 463 Å². The molecule has 0 radical (unpaired) electrons. The number of ether oxygens (including phenoxy) is 6. The van der Waals surface area contributed by atoms with Gasteiger partial charge in [-0.05, 0) is 94.8 Å². The molecule has 0 aromatic heterocycles. The molecular weight excluding hydrogens is 1020 g/mol. The van der Waals surface area contributed by atoms with Crippen LogP contribution in [0.2, 0.25) is 0 Å². The fourth-order valence-corrected chi connectivity index (χ4v) is 12.0. The number of methoxy groups -OCH3 is 4. The number of carbonyl (C=O) groups is 6. The molecule has 1 spiro atoms. The molecular formula is C63H60N4O13. The van der Waals surface area contributed by atoms with Gasteiger partial charge in [0.1, 0.15) is 29.9 Å². The van der Waals surface area contributed by atoms with Crippen LogP contribution in [0.1, 0.15) is 82.1 Å². The molecule has 4 heterocycles. The highest BCUT2D eigenvalue weighted by Crippen LogP contribution is 2.66. The Morgan fingerprint density at radius 1 is 0.750 bits per heavy atom. The van der Waals surface area contributed by atoms with E-state index in [0.717, 1.165) is 35.8 Å². The Kier molecular flexibility index (Phi) is 15.7. The summed E-state index contributed by atoms with van der Waals surface area (Å²) in [4.78, 5) is 95.3. The second kappa shape index (κ2) is 23.2. The molecule has 10 rings (SSSR count). The van der Waals surface area contributed by atoms with Crippen molar-refractivity contribution in [3.63, 3.8) is 0 Å². The number of imide groups is 1. The molecule has 4 aliphatic heterocycles. The van der Waals surface area contributed by atoms with Crippen LogP contribution in [0.4, 0.5) is 10.5 Å². The van der Waals surface area contributed by atoms with E-state index in [2.05, 4.69) is 17.2 Å². The SMILES string of the molecule is COC(=O)C(CC#Cc1ccc2c(c1)C1(C(=O)N2C(=O)NC(C)c2ccccc2)C(C(=O)N2CCc3cc(OC)c(OC)cc3C2)C2C(=O)OC(c3ccccc3)C(c3ccccc3)N2C1c1ccc(OCCO)cc1)C(=O)OC. The first-order valence-electron chi connectivity index (χ1n) is 26.3. The maximum atomic E-state index is 17.1. The summed E-state index contributed by atoms with van der Waals surface area (Å²) < 4.78 is 33.8. The zero-order valence-electron chi connectivity index (χ0n) is 44.8. The molecule has 410 valence electrons. The number of carbonyl (C=O) groups excluding carboxylic acids is 6. The molecule has 17 heteroatoms. The lowest BCUT2D eigenvalue weighted by atomic mass is 9.64. The number of morpholine rings is 1. The predicted octanol–water partition coefficient (Wildman–Crippen LogP) is 7.50. The van der Waals surface area contributed by atoms with E-state index in [9.17, 15) is 14.7 Å². The summed E-state index contributed by atoms with van der Waals surface area (Å²) in [6.45, 7) is 1.79. The number of benzene rings is 6. The molecule has 80 heavy (non-hydrogen) atoms. The number of amides is 4. The van der Waals surface area contributed by atoms with Gasteiger partial charge in [-0.1, -0.05) is 115 Å². The highest BCUT2D eigenvalue weighted by molar-refractivity contribution is 6.24. The number of aliphatic hydroxyl groups excluding tert-OH is 1. The van der Waals surface area contributed by atoms with Crippen LogP contribution in [0.3, 0.4) is 0 Å². The Bertz CT molecular complexity index is 3370. The highest BCUT2D eigenvalue weighted by atomic mass is 16.6. The average molecular weight is 1080 g/mol. The number of cyclic esters (lactones) is 1. The second-order valence-electron chi connectivity index (χ2n) is 20.0. The van der Waals surface area contributed by atoms with Crippen molar-refractivity contribution in [2.24, 2.45) is 11.8 Å². The van der Waals surface area contributed by atoms with E-state index < -0.39 is 83.3 Å². The van der Waals surface area contributed by atoms with Gasteiger partial charge in [0.05, 0.1) is 64.8 Å². The minimum absolute atomic E-state index is 0.00304. The summed E-state index contributed by atoms with van der Waals surface area (Å²) >= 11 is 0. The Hall–Kier alpha value is -8.98. The molecule has 4 amide bonds. The predicted molar refractivity (Wildman–Crippen MR) is 292 cm³/mol. The average Bonchev–Trinajstić information content (AvgIpc) is 4.12. The van der Waals surface area contributed by atoms with Gasteiger partial charge in [-0.2, -0.15) is 0 Å². The van der Waals surface area contributed by atoms with Crippen molar-refractivity contribution in [2.75, 3.05) is 53.1 Å². The minimum atomic E-state index is -2.15. The van der Waals surface area contributed by atoms with Crippen molar-refractivity contribution in [3.8, 4) is 29.1 Å². The number of hydrogen-bond acceptors (Lipinski definition) is 14. The van der Waals surface area contributed by atoms with E-state index in [4.69, 9.17) is 28.4 Å². The van der Waals surface area contributed by atoms with Crippen LogP contribution in [0.15, 0.2) is 146 Å². The molecule has 2 fully saturated rings. The third kappa shape index (κ3) is 9.75. The molecule has 7 atom stereocenters. The minimum Gasteiger partial charge on any atom is -0.493 e. The first kappa shape index (κ1) is 54.4. The van der Waals surface area contributed by atoms with Crippen molar-refractivity contribution < 1.29 is 62.3 Å². The monoisotopic (exact) mass is 1080 g/mol. The second-order valence-corrected chi connectivity index (χ2v) is 20.0. The van der Waals surface area contributed by atoms with Crippen molar-refractivity contribution in [1.82, 2.24) is 15.1 Å². The quantitative estimate of drug-likeness (QED) is 0.0470. The zero-order chi connectivity index (χ0) is 56.2. The summed E-state index contributed by atoms with van der Waals surface area (Å²) in [5.74, 6) is 0.633. The Morgan fingerprint density at radius 3 is 2.00 bits per heavy atom. The van der Waals surface area contributed by atoms with Crippen LogP contribution in [-0.4, -0.2) is 105 Å². The summed E-state index contributed by atoms with van der Waals surface area (Å²) in [7, 11) is 5.39. The van der Waals surface area contributed by atoms with Gasteiger partial charge in [-0.3, -0.25) is 28.9 Å². The molecule has 6 aromatic rings. The summed E-state index contributed by atoms with van der Waals surface area (Å²) in [5, 5.41) is 12.8. The fourth-order valence-electron chi connectivity index (χ4n) is 12.0. The van der Waals surface area contributed by atoms with Gasteiger partial charge in [0.2, 0.25) is 11.8 Å². The van der Waals surface area contributed by atoms with Crippen LogP contribution in [0.25, 0.3) is 0 Å². The van der Waals surface area contributed by atoms with Crippen molar-refractivity contribution in [3.05, 3.63) is 190 Å². The number of rotatable bonds is 14. The number of nitrogens with one attached hydrogen (secondary N) is 1. The van der Waals surface area contributed by atoms with Crippen LogP contribution in [0.5, 0.6) is 17.2 Å². The third-order valence-electron chi connectivity index (χ3n) is 15.7. The lowest BCUT2D eigenvalue weighted by molar-refractivity contribution is -0.179. The molecule has 2 saturated heterocycles. The Morgan fingerprint density at radius 2 is 1.38 bits per heavy atom. The van der Waals surface area contributed by atoms with E-state index in [0.29, 0.717) is 45.9 Å². The molecule has 0 bridgehead atoms. The largest absolute Gasteiger partial charge is 0.493 e. The van der Waals surface area contributed by atoms with Gasteiger partial charge >= 0.3 is 23.9 Å². The summed E-state index contributed by atoms with van der Waals surface area (Å²) in [6.07, 6.45) is -0.894. The molecule has 2 N–H and O–H groups in total. The van der Waals surface area contributed by atoms with E-state index in [-0.39, 0.29) is 44.0 Å². The van der Waals surface area contributed by atoms with Gasteiger partial charge < -0.3 is 43.7 Å². The number of urea groups is 1.